The van der Waals surface area contributed by atoms with Crippen molar-refractivity contribution in [2.75, 3.05) is 5.32 Å². The first-order chi connectivity index (χ1) is 9.00. The lowest BCUT2D eigenvalue weighted by atomic mass is 10.2. The molecule has 0 atom stereocenters. The maximum atomic E-state index is 13.5. The number of nitro benzene ring substituents is 1. The smallest absolute Gasteiger partial charge is 0.327 e. The molecule has 4 nitrogen and oxygen atoms in total. The lowest BCUT2D eigenvalue weighted by Gasteiger charge is -2.10. The van der Waals surface area contributed by atoms with Gasteiger partial charge in [0.2, 0.25) is 5.82 Å². The lowest BCUT2D eigenvalue weighted by Crippen LogP contribution is -2.00. The molecular weight excluding hydrogens is 338 g/mol. The number of nitrogens with zero attached hydrogens (tertiary/aromatic N) is 1. The van der Waals surface area contributed by atoms with Crippen molar-refractivity contribution in [1.29, 1.82) is 0 Å². The zero-order valence-corrected chi connectivity index (χ0v) is 11.7. The molecule has 0 saturated heterocycles. The average molecular weight is 346 g/mol. The molecule has 0 saturated carbocycles. The molecule has 0 amide bonds. The molecule has 0 fully saturated rings. The standard InChI is InChI=1S/C12H7BrClFN2O2/c13-11-7(14)3-1-5-9(11)16-10-6-2-4-8(15)12(10)17(18)19/h1-6,16H. The molecule has 0 aliphatic carbocycles. The van der Waals surface area contributed by atoms with Gasteiger partial charge in [-0.25, -0.2) is 0 Å². The van der Waals surface area contributed by atoms with Crippen LogP contribution in [0.25, 0.3) is 0 Å². The second kappa shape index (κ2) is 5.54. The first-order valence-corrected chi connectivity index (χ1v) is 6.31. The third-order valence-electron chi connectivity index (χ3n) is 2.39. The van der Waals surface area contributed by atoms with E-state index in [2.05, 4.69) is 21.2 Å². The summed E-state index contributed by atoms with van der Waals surface area (Å²) in [6, 6.07) is 8.87. The van der Waals surface area contributed by atoms with Crippen LogP contribution in [0.15, 0.2) is 40.9 Å². The first kappa shape index (κ1) is 13.8. The van der Waals surface area contributed by atoms with Gasteiger partial charge >= 0.3 is 5.69 Å². The monoisotopic (exact) mass is 344 g/mol. The third kappa shape index (κ3) is 2.85. The minimum absolute atomic E-state index is 0.0629. The summed E-state index contributed by atoms with van der Waals surface area (Å²) in [4.78, 5) is 10.1. The van der Waals surface area contributed by atoms with Gasteiger partial charge in [0, 0.05) is 0 Å². The molecule has 2 aromatic rings. The number of rotatable bonds is 3. The second-order valence-corrected chi connectivity index (χ2v) is 4.82. The topological polar surface area (TPSA) is 55.2 Å². The number of anilines is 2. The molecule has 0 aliphatic rings. The summed E-state index contributed by atoms with van der Waals surface area (Å²) in [6.07, 6.45) is 0. The predicted molar refractivity (Wildman–Crippen MR) is 75.5 cm³/mol. The molecule has 0 heterocycles. The molecule has 7 heteroatoms. The van der Waals surface area contributed by atoms with Gasteiger partial charge < -0.3 is 5.32 Å². The largest absolute Gasteiger partial charge is 0.349 e. The molecule has 2 rings (SSSR count). The molecule has 19 heavy (non-hydrogen) atoms. The van der Waals surface area contributed by atoms with E-state index in [0.717, 1.165) is 6.07 Å². The van der Waals surface area contributed by atoms with Crippen molar-refractivity contribution in [3.63, 3.8) is 0 Å². The summed E-state index contributed by atoms with van der Waals surface area (Å²) in [6.45, 7) is 0. The fraction of sp³-hybridized carbons (Fsp3) is 0. The summed E-state index contributed by atoms with van der Waals surface area (Å²) in [5, 5.41) is 14.1. The van der Waals surface area contributed by atoms with Gasteiger partial charge in [0.25, 0.3) is 0 Å². The zero-order chi connectivity index (χ0) is 14.0. The van der Waals surface area contributed by atoms with Crippen LogP contribution in [0.2, 0.25) is 5.02 Å². The van der Waals surface area contributed by atoms with Crippen LogP contribution in [-0.4, -0.2) is 4.92 Å². The van der Waals surface area contributed by atoms with Crippen molar-refractivity contribution in [1.82, 2.24) is 0 Å². The number of benzene rings is 2. The van der Waals surface area contributed by atoms with E-state index in [0.29, 0.717) is 15.2 Å². The fourth-order valence-electron chi connectivity index (χ4n) is 1.55. The van der Waals surface area contributed by atoms with Crippen LogP contribution < -0.4 is 5.32 Å². The van der Waals surface area contributed by atoms with Crippen LogP contribution in [-0.2, 0) is 0 Å². The Morgan fingerprint density at radius 3 is 2.53 bits per heavy atom. The van der Waals surface area contributed by atoms with Crippen LogP contribution in [0, 0.1) is 15.9 Å². The quantitative estimate of drug-likeness (QED) is 0.636. The van der Waals surface area contributed by atoms with E-state index in [1.54, 1.807) is 18.2 Å². The minimum Gasteiger partial charge on any atom is -0.349 e. The van der Waals surface area contributed by atoms with Gasteiger partial charge in [-0.3, -0.25) is 10.1 Å². The van der Waals surface area contributed by atoms with Gasteiger partial charge in [-0.15, -0.1) is 0 Å². The van der Waals surface area contributed by atoms with Crippen LogP contribution in [0.1, 0.15) is 0 Å². The first-order valence-electron chi connectivity index (χ1n) is 5.14. The molecule has 0 unspecified atom stereocenters. The Bertz CT molecular complexity index is 652. The van der Waals surface area contributed by atoms with Crippen molar-refractivity contribution in [3.05, 3.63) is 61.8 Å². The summed E-state index contributed by atoms with van der Waals surface area (Å²) < 4.78 is 14.0. The number of para-hydroxylation sites is 1. The van der Waals surface area contributed by atoms with Gasteiger partial charge in [0.15, 0.2) is 0 Å². The van der Waals surface area contributed by atoms with Crippen molar-refractivity contribution in [3.8, 4) is 0 Å². The van der Waals surface area contributed by atoms with E-state index >= 15 is 0 Å². The molecule has 98 valence electrons. The predicted octanol–water partition coefficient (Wildman–Crippen LogP) is 4.89. The number of nitrogens with one attached hydrogen (secondary N) is 1. The Balaban J connectivity index is 2.47. The van der Waals surface area contributed by atoms with Crippen LogP contribution in [0.4, 0.5) is 21.5 Å². The lowest BCUT2D eigenvalue weighted by molar-refractivity contribution is -0.386. The summed E-state index contributed by atoms with van der Waals surface area (Å²) >= 11 is 9.18. The van der Waals surface area contributed by atoms with Crippen LogP contribution in [0.5, 0.6) is 0 Å². The number of halogens is 3. The molecule has 0 aliphatic heterocycles. The van der Waals surface area contributed by atoms with Crippen molar-refractivity contribution >= 4 is 44.6 Å². The molecule has 2 aromatic carbocycles. The van der Waals surface area contributed by atoms with E-state index < -0.39 is 16.4 Å². The Kier molecular flexibility index (Phi) is 4.01. The highest BCUT2D eigenvalue weighted by molar-refractivity contribution is 9.10. The number of nitro groups is 1. The van der Waals surface area contributed by atoms with E-state index in [9.17, 15) is 14.5 Å². The highest BCUT2D eigenvalue weighted by Gasteiger charge is 2.20. The highest BCUT2D eigenvalue weighted by atomic mass is 79.9. The Morgan fingerprint density at radius 1 is 1.21 bits per heavy atom. The van der Waals surface area contributed by atoms with Gasteiger partial charge in [-0.05, 0) is 40.2 Å². The molecule has 0 radical (unpaired) electrons. The van der Waals surface area contributed by atoms with Crippen molar-refractivity contribution in [2.24, 2.45) is 0 Å². The third-order valence-corrected chi connectivity index (χ3v) is 3.79. The second-order valence-electron chi connectivity index (χ2n) is 3.62. The highest BCUT2D eigenvalue weighted by Crippen LogP contribution is 2.35. The molecule has 0 spiro atoms. The Hall–Kier alpha value is -1.66. The Labute approximate surface area is 121 Å². The molecular formula is C12H7BrClFN2O2. The van der Waals surface area contributed by atoms with E-state index in [-0.39, 0.29) is 5.69 Å². The van der Waals surface area contributed by atoms with Crippen LogP contribution >= 0.6 is 27.5 Å². The molecule has 0 bridgehead atoms. The maximum absolute atomic E-state index is 13.5. The van der Waals surface area contributed by atoms with Crippen molar-refractivity contribution in [2.45, 2.75) is 0 Å². The normalized spacial score (nSPS) is 10.3. The SMILES string of the molecule is O=[N+]([O-])c1c(F)cccc1Nc1cccc(Cl)c1Br. The summed E-state index contributed by atoms with van der Waals surface area (Å²) in [5.74, 6) is -0.895. The number of hydrogen-bond donors (Lipinski definition) is 1. The fourth-order valence-corrected chi connectivity index (χ4v) is 2.09. The van der Waals surface area contributed by atoms with Gasteiger partial charge in [0.05, 0.1) is 20.1 Å². The minimum atomic E-state index is -0.895. The zero-order valence-electron chi connectivity index (χ0n) is 9.36. The van der Waals surface area contributed by atoms with Crippen LogP contribution in [0.3, 0.4) is 0 Å². The average Bonchev–Trinajstić information content (AvgIpc) is 2.34. The molecule has 0 aromatic heterocycles. The summed E-state index contributed by atoms with van der Waals surface area (Å²) in [5.41, 5.74) is -0.0245. The maximum Gasteiger partial charge on any atom is 0.327 e. The Morgan fingerprint density at radius 2 is 1.84 bits per heavy atom. The van der Waals surface area contributed by atoms with E-state index in [4.69, 9.17) is 11.6 Å². The van der Waals surface area contributed by atoms with Gasteiger partial charge in [0.1, 0.15) is 5.69 Å². The van der Waals surface area contributed by atoms with E-state index in [1.165, 1.54) is 12.1 Å². The summed E-state index contributed by atoms with van der Waals surface area (Å²) in [7, 11) is 0. The van der Waals surface area contributed by atoms with E-state index in [1.807, 2.05) is 0 Å². The number of hydrogen-bond acceptors (Lipinski definition) is 3. The van der Waals surface area contributed by atoms with Gasteiger partial charge in [-0.1, -0.05) is 23.7 Å². The van der Waals surface area contributed by atoms with Gasteiger partial charge in [-0.2, -0.15) is 4.39 Å². The van der Waals surface area contributed by atoms with Crippen molar-refractivity contribution < 1.29 is 9.31 Å². The molecule has 1 N–H and O–H groups in total.